The summed E-state index contributed by atoms with van der Waals surface area (Å²) in [6, 6.07) is 14.1. The van der Waals surface area contributed by atoms with Crippen LogP contribution in [0.15, 0.2) is 48.5 Å². The minimum Gasteiger partial charge on any atom is -0.508 e. The van der Waals surface area contributed by atoms with Gasteiger partial charge >= 0.3 is 0 Å². The maximum absolute atomic E-state index is 12.2. The van der Waals surface area contributed by atoms with Crippen LogP contribution in [0.25, 0.3) is 0 Å². The molecule has 98 valence electrons. The van der Waals surface area contributed by atoms with Crippen molar-refractivity contribution in [2.45, 2.75) is 20.3 Å². The molecule has 0 amide bonds. The zero-order valence-electron chi connectivity index (χ0n) is 11.3. The fraction of sp³-hybridized carbons (Fsp3) is 0.235. The van der Waals surface area contributed by atoms with Crippen molar-refractivity contribution in [1.29, 1.82) is 0 Å². The van der Waals surface area contributed by atoms with E-state index in [9.17, 15) is 9.90 Å². The van der Waals surface area contributed by atoms with Gasteiger partial charge in [0.1, 0.15) is 5.75 Å². The van der Waals surface area contributed by atoms with Crippen LogP contribution in [-0.4, -0.2) is 10.9 Å². The van der Waals surface area contributed by atoms with Gasteiger partial charge in [0.2, 0.25) is 0 Å². The van der Waals surface area contributed by atoms with Crippen LogP contribution in [0.2, 0.25) is 0 Å². The normalized spacial score (nSPS) is 10.7. The van der Waals surface area contributed by atoms with E-state index in [-0.39, 0.29) is 11.5 Å². The quantitative estimate of drug-likeness (QED) is 0.842. The second kappa shape index (κ2) is 5.70. The molecule has 0 atom stereocenters. The molecule has 2 rings (SSSR count). The van der Waals surface area contributed by atoms with Crippen LogP contribution >= 0.6 is 0 Å². The number of hydrogen-bond acceptors (Lipinski definition) is 2. The molecule has 0 unspecified atom stereocenters. The van der Waals surface area contributed by atoms with E-state index in [1.165, 1.54) is 11.6 Å². The van der Waals surface area contributed by atoms with Crippen LogP contribution in [0.3, 0.4) is 0 Å². The van der Waals surface area contributed by atoms with Crippen molar-refractivity contribution in [2.75, 3.05) is 0 Å². The molecule has 0 bridgehead atoms. The Morgan fingerprint density at radius 1 is 1.05 bits per heavy atom. The Morgan fingerprint density at radius 2 is 1.74 bits per heavy atom. The molecule has 2 aromatic rings. The van der Waals surface area contributed by atoms with Gasteiger partial charge in [-0.05, 0) is 30.0 Å². The Labute approximate surface area is 113 Å². The molecule has 2 nitrogen and oxygen atoms in total. The maximum atomic E-state index is 12.2. The number of phenols is 1. The molecular weight excluding hydrogens is 236 g/mol. The average Bonchev–Trinajstić information content (AvgIpc) is 2.38. The first-order valence-electron chi connectivity index (χ1n) is 6.49. The zero-order chi connectivity index (χ0) is 13.8. The third kappa shape index (κ3) is 3.44. The molecule has 0 aromatic heterocycles. The Morgan fingerprint density at radius 3 is 2.32 bits per heavy atom. The third-order valence-electron chi connectivity index (χ3n) is 2.97. The number of carbonyl (C=O) groups is 1. The minimum atomic E-state index is -0.0630. The van der Waals surface area contributed by atoms with Gasteiger partial charge in [-0.3, -0.25) is 4.79 Å². The molecule has 1 N–H and O–H groups in total. The first-order chi connectivity index (χ1) is 9.06. The molecule has 19 heavy (non-hydrogen) atoms. The van der Waals surface area contributed by atoms with Gasteiger partial charge in [-0.25, -0.2) is 0 Å². The zero-order valence-corrected chi connectivity index (χ0v) is 11.3. The first kappa shape index (κ1) is 13.3. The van der Waals surface area contributed by atoms with Crippen LogP contribution in [0.5, 0.6) is 5.75 Å². The lowest BCUT2D eigenvalue weighted by Crippen LogP contribution is -2.01. The molecular formula is C17H18O2. The van der Waals surface area contributed by atoms with Crippen molar-refractivity contribution in [2.24, 2.45) is 5.92 Å². The van der Waals surface area contributed by atoms with Crippen molar-refractivity contribution in [3.8, 4) is 5.75 Å². The van der Waals surface area contributed by atoms with Crippen LogP contribution in [-0.2, 0) is 6.42 Å². The molecule has 0 aliphatic heterocycles. The molecule has 0 saturated carbocycles. The lowest BCUT2D eigenvalue weighted by atomic mass is 9.98. The summed E-state index contributed by atoms with van der Waals surface area (Å²) in [6.45, 7) is 4.34. The van der Waals surface area contributed by atoms with Crippen LogP contribution < -0.4 is 0 Å². The van der Waals surface area contributed by atoms with Crippen molar-refractivity contribution >= 4 is 5.78 Å². The van der Waals surface area contributed by atoms with Crippen molar-refractivity contribution in [3.05, 3.63) is 65.2 Å². The lowest BCUT2D eigenvalue weighted by Gasteiger charge is -2.06. The van der Waals surface area contributed by atoms with Gasteiger partial charge in [0.15, 0.2) is 5.78 Å². The smallest absolute Gasteiger partial charge is 0.193 e. The Kier molecular flexibility index (Phi) is 4.00. The van der Waals surface area contributed by atoms with Crippen molar-refractivity contribution in [3.63, 3.8) is 0 Å². The number of aromatic hydroxyl groups is 1. The maximum Gasteiger partial charge on any atom is 0.193 e. The fourth-order valence-corrected chi connectivity index (χ4v) is 2.08. The second-order valence-electron chi connectivity index (χ2n) is 5.17. The van der Waals surface area contributed by atoms with E-state index < -0.39 is 0 Å². The van der Waals surface area contributed by atoms with Gasteiger partial charge in [0.25, 0.3) is 0 Å². The van der Waals surface area contributed by atoms with Gasteiger partial charge in [-0.2, -0.15) is 0 Å². The molecule has 0 spiro atoms. The molecule has 0 saturated heterocycles. The number of hydrogen-bond donors (Lipinski definition) is 1. The predicted molar refractivity (Wildman–Crippen MR) is 76.5 cm³/mol. The van der Waals surface area contributed by atoms with Gasteiger partial charge in [0.05, 0.1) is 0 Å². The highest BCUT2D eigenvalue weighted by molar-refractivity contribution is 6.09. The number of carbonyl (C=O) groups excluding carboxylic acids is 1. The monoisotopic (exact) mass is 254 g/mol. The van der Waals surface area contributed by atoms with Gasteiger partial charge in [0, 0.05) is 11.1 Å². The van der Waals surface area contributed by atoms with E-state index in [2.05, 4.69) is 13.8 Å². The Balaban J connectivity index is 2.20. The molecule has 0 fully saturated rings. The summed E-state index contributed by atoms with van der Waals surface area (Å²) in [5.41, 5.74) is 2.40. The van der Waals surface area contributed by atoms with Crippen LogP contribution in [0, 0.1) is 5.92 Å². The predicted octanol–water partition coefficient (Wildman–Crippen LogP) is 3.82. The summed E-state index contributed by atoms with van der Waals surface area (Å²) in [5, 5.41) is 9.40. The fourth-order valence-electron chi connectivity index (χ4n) is 2.08. The highest BCUT2D eigenvalue weighted by atomic mass is 16.3. The second-order valence-corrected chi connectivity index (χ2v) is 5.17. The Hall–Kier alpha value is -2.09. The molecule has 0 heterocycles. The topological polar surface area (TPSA) is 37.3 Å². The third-order valence-corrected chi connectivity index (χ3v) is 2.97. The van der Waals surface area contributed by atoms with E-state index in [0.29, 0.717) is 17.0 Å². The summed E-state index contributed by atoms with van der Waals surface area (Å²) in [6.07, 6.45) is 1.01. The van der Waals surface area contributed by atoms with E-state index in [1.807, 2.05) is 24.3 Å². The highest BCUT2D eigenvalue weighted by Gasteiger charge is 2.09. The molecule has 0 radical (unpaired) electrons. The number of ketones is 1. The number of phenolic OH excluding ortho intramolecular Hbond substituents is 1. The molecule has 2 heteroatoms. The summed E-state index contributed by atoms with van der Waals surface area (Å²) in [7, 11) is 0. The molecule has 0 aliphatic carbocycles. The van der Waals surface area contributed by atoms with E-state index >= 15 is 0 Å². The Bertz CT molecular complexity index is 568. The largest absolute Gasteiger partial charge is 0.508 e. The molecule has 0 aliphatic rings. The van der Waals surface area contributed by atoms with Crippen LogP contribution in [0.4, 0.5) is 0 Å². The number of rotatable bonds is 4. The summed E-state index contributed by atoms with van der Waals surface area (Å²) in [4.78, 5) is 12.2. The standard InChI is InChI=1S/C17H18O2/c1-12(2)10-13-6-8-14(9-7-13)17(19)15-4-3-5-16(18)11-15/h3-9,11-12,18H,10H2,1-2H3. The SMILES string of the molecule is CC(C)Cc1ccc(C(=O)c2cccc(O)c2)cc1. The highest BCUT2D eigenvalue weighted by Crippen LogP contribution is 2.16. The first-order valence-corrected chi connectivity index (χ1v) is 6.49. The van der Waals surface area contributed by atoms with E-state index in [0.717, 1.165) is 6.42 Å². The van der Waals surface area contributed by atoms with E-state index in [1.54, 1.807) is 18.2 Å². The summed E-state index contributed by atoms with van der Waals surface area (Å²) in [5.74, 6) is 0.655. The number of benzene rings is 2. The van der Waals surface area contributed by atoms with Gasteiger partial charge in [-0.15, -0.1) is 0 Å². The minimum absolute atomic E-state index is 0.0630. The van der Waals surface area contributed by atoms with Crippen LogP contribution in [0.1, 0.15) is 35.3 Å². The van der Waals surface area contributed by atoms with E-state index in [4.69, 9.17) is 0 Å². The van der Waals surface area contributed by atoms with Crippen molar-refractivity contribution in [1.82, 2.24) is 0 Å². The van der Waals surface area contributed by atoms with Crippen molar-refractivity contribution < 1.29 is 9.90 Å². The van der Waals surface area contributed by atoms with Gasteiger partial charge in [-0.1, -0.05) is 50.2 Å². The summed E-state index contributed by atoms with van der Waals surface area (Å²) < 4.78 is 0. The summed E-state index contributed by atoms with van der Waals surface area (Å²) >= 11 is 0. The molecule has 2 aromatic carbocycles. The lowest BCUT2D eigenvalue weighted by molar-refractivity contribution is 0.103. The van der Waals surface area contributed by atoms with Gasteiger partial charge < -0.3 is 5.11 Å². The average molecular weight is 254 g/mol.